The fourth-order valence-corrected chi connectivity index (χ4v) is 4.20. The van der Waals surface area contributed by atoms with Crippen LogP contribution in [0.3, 0.4) is 0 Å². The lowest BCUT2D eigenvalue weighted by Crippen LogP contribution is -2.51. The van der Waals surface area contributed by atoms with Gasteiger partial charge in [0.1, 0.15) is 5.65 Å². The van der Waals surface area contributed by atoms with Crippen LogP contribution >= 0.6 is 12.4 Å². The van der Waals surface area contributed by atoms with E-state index in [0.717, 1.165) is 29.8 Å². The maximum atomic E-state index is 14.6. The number of pyridine rings is 2. The van der Waals surface area contributed by atoms with Crippen LogP contribution in [0, 0.1) is 5.82 Å². The molecule has 2 N–H and O–H groups in total. The zero-order chi connectivity index (χ0) is 17.7. The zero-order valence-electron chi connectivity index (χ0n) is 14.9. The molecule has 6 nitrogen and oxygen atoms in total. The van der Waals surface area contributed by atoms with Gasteiger partial charge >= 0.3 is 0 Å². The summed E-state index contributed by atoms with van der Waals surface area (Å²) in [5.74, 6) is -0.476. The average molecular weight is 390 g/mol. The third-order valence-electron chi connectivity index (χ3n) is 5.41. The number of rotatable bonds is 3. The van der Waals surface area contributed by atoms with Crippen LogP contribution in [-0.2, 0) is 0 Å². The van der Waals surface area contributed by atoms with E-state index < -0.39 is 5.82 Å². The quantitative estimate of drug-likeness (QED) is 0.720. The van der Waals surface area contributed by atoms with Gasteiger partial charge in [-0.05, 0) is 31.0 Å². The Morgan fingerprint density at radius 1 is 1.15 bits per heavy atom. The fourth-order valence-electron chi connectivity index (χ4n) is 4.20. The minimum Gasteiger partial charge on any atom is -0.479 e. The van der Waals surface area contributed by atoms with Gasteiger partial charge in [-0.3, -0.25) is 0 Å². The molecule has 142 valence electrons. The number of halogens is 2. The van der Waals surface area contributed by atoms with Crippen molar-refractivity contribution in [1.29, 1.82) is 0 Å². The molecule has 3 aromatic rings. The maximum absolute atomic E-state index is 14.6. The lowest BCUT2D eigenvalue weighted by Gasteiger charge is -2.34. The van der Waals surface area contributed by atoms with Crippen molar-refractivity contribution < 1.29 is 9.13 Å². The highest BCUT2D eigenvalue weighted by molar-refractivity contribution is 5.94. The number of H-pyrrole nitrogens is 1. The van der Waals surface area contributed by atoms with Gasteiger partial charge in [0.05, 0.1) is 12.8 Å². The summed E-state index contributed by atoms with van der Waals surface area (Å²) in [5.41, 5.74) is 3.02. The van der Waals surface area contributed by atoms with Crippen LogP contribution < -0.4 is 15.0 Å². The number of nitrogens with one attached hydrogen (secondary N) is 2. The highest BCUT2D eigenvalue weighted by Gasteiger charge is 2.33. The van der Waals surface area contributed by atoms with Gasteiger partial charge in [0.15, 0.2) is 5.82 Å². The molecule has 0 amide bonds. The average Bonchev–Trinajstić information content (AvgIpc) is 3.24. The first-order valence-electron chi connectivity index (χ1n) is 8.90. The number of nitrogens with zero attached hydrogens (tertiary/aromatic N) is 3. The van der Waals surface area contributed by atoms with Crippen LogP contribution in [0.15, 0.2) is 30.6 Å². The number of anilines is 1. The van der Waals surface area contributed by atoms with Crippen molar-refractivity contribution in [2.45, 2.75) is 24.9 Å². The van der Waals surface area contributed by atoms with Crippen molar-refractivity contribution in [2.24, 2.45) is 0 Å². The summed E-state index contributed by atoms with van der Waals surface area (Å²) in [6.07, 6.45) is 5.82. The Hall–Kier alpha value is -2.38. The first kappa shape index (κ1) is 18.0. The van der Waals surface area contributed by atoms with E-state index in [1.807, 2.05) is 18.3 Å². The van der Waals surface area contributed by atoms with E-state index in [2.05, 4.69) is 25.2 Å². The van der Waals surface area contributed by atoms with E-state index in [1.54, 1.807) is 12.3 Å². The SMILES string of the molecule is COc1nccc(-c2cc3c(N4CC5CCC(C4)N5)ccnc3[nH]2)c1F.Cl. The molecule has 0 saturated carbocycles. The summed E-state index contributed by atoms with van der Waals surface area (Å²) < 4.78 is 19.6. The number of hydrogen-bond donors (Lipinski definition) is 2. The molecule has 2 aliphatic heterocycles. The molecule has 3 aromatic heterocycles. The minimum atomic E-state index is -0.469. The second-order valence-electron chi connectivity index (χ2n) is 7.00. The summed E-state index contributed by atoms with van der Waals surface area (Å²) in [6, 6.07) is 6.77. The Kier molecular flexibility index (Phi) is 4.65. The van der Waals surface area contributed by atoms with E-state index in [4.69, 9.17) is 4.74 Å². The van der Waals surface area contributed by atoms with Gasteiger partial charge in [-0.15, -0.1) is 12.4 Å². The molecule has 2 fully saturated rings. The van der Waals surface area contributed by atoms with Crippen LogP contribution in [0.1, 0.15) is 12.8 Å². The van der Waals surface area contributed by atoms with Gasteiger partial charge in [-0.25, -0.2) is 14.4 Å². The van der Waals surface area contributed by atoms with Gasteiger partial charge in [0.2, 0.25) is 0 Å². The molecule has 8 heteroatoms. The molecule has 2 bridgehead atoms. The number of hydrogen-bond acceptors (Lipinski definition) is 5. The summed E-state index contributed by atoms with van der Waals surface area (Å²) in [5, 5.41) is 4.67. The topological polar surface area (TPSA) is 66.1 Å². The molecule has 2 unspecified atom stereocenters. The smallest absolute Gasteiger partial charge is 0.250 e. The standard InChI is InChI=1S/C19H20FN5O.ClH/c1-26-19-17(20)13(4-6-22-19)15-8-14-16(5-7-21-18(14)24-15)25-9-11-2-3-12(10-25)23-11;/h4-8,11-12,23H,2-3,9-10H2,1H3,(H,21,24);1H. The van der Waals surface area contributed by atoms with E-state index in [-0.39, 0.29) is 18.3 Å². The zero-order valence-corrected chi connectivity index (χ0v) is 15.7. The monoisotopic (exact) mass is 389 g/mol. The number of aromatic amines is 1. The highest BCUT2D eigenvalue weighted by Crippen LogP contribution is 2.34. The molecule has 2 aliphatic rings. The summed E-state index contributed by atoms with van der Waals surface area (Å²) in [4.78, 5) is 14.0. The van der Waals surface area contributed by atoms with Gasteiger partial charge < -0.3 is 19.9 Å². The number of ether oxygens (including phenoxy) is 1. The van der Waals surface area contributed by atoms with E-state index in [1.165, 1.54) is 20.0 Å². The molecular formula is C19H21ClFN5O. The van der Waals surface area contributed by atoms with Crippen LogP contribution in [0.25, 0.3) is 22.3 Å². The van der Waals surface area contributed by atoms with Crippen LogP contribution in [-0.4, -0.2) is 47.2 Å². The molecule has 0 aliphatic carbocycles. The Labute approximate surface area is 162 Å². The molecule has 27 heavy (non-hydrogen) atoms. The second-order valence-corrected chi connectivity index (χ2v) is 7.00. The Balaban J connectivity index is 0.00000180. The molecule has 5 heterocycles. The Morgan fingerprint density at radius 3 is 2.63 bits per heavy atom. The molecule has 2 saturated heterocycles. The number of fused-ring (bicyclic) bond motifs is 3. The molecule has 2 atom stereocenters. The third kappa shape index (κ3) is 3.00. The fraction of sp³-hybridized carbons (Fsp3) is 0.368. The predicted octanol–water partition coefficient (Wildman–Crippen LogP) is 3.14. The Bertz CT molecular complexity index is 966. The van der Waals surface area contributed by atoms with Crippen LogP contribution in [0.5, 0.6) is 5.88 Å². The van der Waals surface area contributed by atoms with Gasteiger partial charge in [0.25, 0.3) is 5.88 Å². The summed E-state index contributed by atoms with van der Waals surface area (Å²) >= 11 is 0. The largest absolute Gasteiger partial charge is 0.479 e. The van der Waals surface area contributed by atoms with Crippen molar-refractivity contribution in [3.05, 3.63) is 36.4 Å². The minimum absolute atomic E-state index is 0. The first-order valence-corrected chi connectivity index (χ1v) is 8.90. The van der Waals surface area contributed by atoms with Crippen molar-refractivity contribution in [2.75, 3.05) is 25.1 Å². The van der Waals surface area contributed by atoms with E-state index >= 15 is 0 Å². The van der Waals surface area contributed by atoms with Crippen LogP contribution in [0.2, 0.25) is 0 Å². The van der Waals surface area contributed by atoms with E-state index in [9.17, 15) is 4.39 Å². The third-order valence-corrected chi connectivity index (χ3v) is 5.41. The van der Waals surface area contributed by atoms with Gasteiger partial charge in [0, 0.05) is 54.2 Å². The normalized spacial score (nSPS) is 21.3. The molecule has 0 radical (unpaired) electrons. The summed E-state index contributed by atoms with van der Waals surface area (Å²) in [7, 11) is 1.42. The number of methoxy groups -OCH3 is 1. The van der Waals surface area contributed by atoms with Crippen molar-refractivity contribution in [3.8, 4) is 17.1 Å². The Morgan fingerprint density at radius 2 is 1.89 bits per heavy atom. The number of piperazine rings is 1. The van der Waals surface area contributed by atoms with E-state index in [0.29, 0.717) is 23.3 Å². The second kappa shape index (κ2) is 6.98. The highest BCUT2D eigenvalue weighted by atomic mass is 35.5. The van der Waals surface area contributed by atoms with Crippen molar-refractivity contribution >= 4 is 29.1 Å². The molecule has 0 spiro atoms. The van der Waals surface area contributed by atoms with Gasteiger partial charge in [-0.2, -0.15) is 0 Å². The maximum Gasteiger partial charge on any atom is 0.250 e. The van der Waals surface area contributed by atoms with Crippen molar-refractivity contribution in [1.82, 2.24) is 20.3 Å². The van der Waals surface area contributed by atoms with Gasteiger partial charge in [-0.1, -0.05) is 0 Å². The molecular weight excluding hydrogens is 369 g/mol. The molecule has 5 rings (SSSR count). The predicted molar refractivity (Wildman–Crippen MR) is 105 cm³/mol. The van der Waals surface area contributed by atoms with Crippen molar-refractivity contribution in [3.63, 3.8) is 0 Å². The lowest BCUT2D eigenvalue weighted by molar-refractivity contribution is 0.370. The first-order chi connectivity index (χ1) is 12.7. The molecule has 0 aromatic carbocycles. The number of aromatic nitrogens is 3. The summed E-state index contributed by atoms with van der Waals surface area (Å²) in [6.45, 7) is 1.99. The lowest BCUT2D eigenvalue weighted by atomic mass is 10.1. The van der Waals surface area contributed by atoms with Crippen LogP contribution in [0.4, 0.5) is 10.1 Å².